The Labute approximate surface area is 107 Å². The number of hydrogen-bond acceptors (Lipinski definition) is 1. The minimum atomic E-state index is -0.221. The molecular formula is C14H19ClFN. The number of benzene rings is 1. The molecule has 1 saturated carbocycles. The molecule has 1 atom stereocenters. The van der Waals surface area contributed by atoms with Crippen molar-refractivity contribution in [3.8, 4) is 0 Å². The quantitative estimate of drug-likeness (QED) is 0.856. The van der Waals surface area contributed by atoms with Gasteiger partial charge in [-0.2, -0.15) is 0 Å². The monoisotopic (exact) mass is 255 g/mol. The van der Waals surface area contributed by atoms with Crippen LogP contribution in [0.4, 0.5) is 4.39 Å². The van der Waals surface area contributed by atoms with Gasteiger partial charge in [0.2, 0.25) is 0 Å². The molecule has 1 fully saturated rings. The Balaban J connectivity index is 2.03. The van der Waals surface area contributed by atoms with Crippen molar-refractivity contribution in [1.82, 2.24) is 5.32 Å². The summed E-state index contributed by atoms with van der Waals surface area (Å²) in [6.45, 7) is 5.04. The maximum atomic E-state index is 13.6. The van der Waals surface area contributed by atoms with Crippen LogP contribution in [-0.2, 0) is 6.54 Å². The molecule has 0 aliphatic heterocycles. The number of rotatable bonds is 3. The van der Waals surface area contributed by atoms with E-state index in [1.807, 2.05) is 0 Å². The Bertz CT molecular complexity index is 383. The van der Waals surface area contributed by atoms with Gasteiger partial charge >= 0.3 is 0 Å². The van der Waals surface area contributed by atoms with Crippen molar-refractivity contribution in [2.45, 2.75) is 45.7 Å². The Morgan fingerprint density at radius 3 is 2.82 bits per heavy atom. The second-order valence-electron chi connectivity index (χ2n) is 5.51. The van der Waals surface area contributed by atoms with Crippen molar-refractivity contribution in [1.29, 1.82) is 0 Å². The summed E-state index contributed by atoms with van der Waals surface area (Å²) in [5, 5.41) is 3.95. The molecule has 1 aliphatic rings. The van der Waals surface area contributed by atoms with Gasteiger partial charge in [-0.15, -0.1) is 0 Å². The van der Waals surface area contributed by atoms with Gasteiger partial charge in [-0.3, -0.25) is 0 Å². The average molecular weight is 256 g/mol. The molecule has 0 bridgehead atoms. The molecule has 0 radical (unpaired) electrons. The third kappa shape index (κ3) is 2.80. The van der Waals surface area contributed by atoms with E-state index in [-0.39, 0.29) is 5.82 Å². The van der Waals surface area contributed by atoms with E-state index in [1.54, 1.807) is 12.1 Å². The highest BCUT2D eigenvalue weighted by Gasteiger charge is 2.33. The zero-order valence-corrected chi connectivity index (χ0v) is 11.1. The first-order chi connectivity index (χ1) is 8.00. The predicted molar refractivity (Wildman–Crippen MR) is 69.7 cm³/mol. The van der Waals surface area contributed by atoms with Crippen LogP contribution in [0.5, 0.6) is 0 Å². The van der Waals surface area contributed by atoms with Crippen LogP contribution in [0.3, 0.4) is 0 Å². The second-order valence-corrected chi connectivity index (χ2v) is 5.92. The van der Waals surface area contributed by atoms with Crippen LogP contribution in [0.2, 0.25) is 5.02 Å². The van der Waals surface area contributed by atoms with Crippen molar-refractivity contribution in [3.05, 3.63) is 34.6 Å². The second kappa shape index (κ2) is 4.95. The van der Waals surface area contributed by atoms with E-state index >= 15 is 0 Å². The van der Waals surface area contributed by atoms with Crippen LogP contribution in [0.15, 0.2) is 18.2 Å². The molecule has 0 aromatic heterocycles. The molecule has 1 unspecified atom stereocenters. The lowest BCUT2D eigenvalue weighted by molar-refractivity contribution is 0.281. The van der Waals surface area contributed by atoms with Gasteiger partial charge in [-0.1, -0.05) is 37.9 Å². The summed E-state index contributed by atoms with van der Waals surface area (Å²) in [4.78, 5) is 0. The first-order valence-electron chi connectivity index (χ1n) is 6.17. The van der Waals surface area contributed by atoms with Gasteiger partial charge < -0.3 is 5.32 Å². The van der Waals surface area contributed by atoms with E-state index in [4.69, 9.17) is 11.6 Å². The topological polar surface area (TPSA) is 12.0 Å². The molecule has 17 heavy (non-hydrogen) atoms. The van der Waals surface area contributed by atoms with Gasteiger partial charge in [-0.25, -0.2) is 4.39 Å². The largest absolute Gasteiger partial charge is 0.309 e. The maximum absolute atomic E-state index is 13.6. The summed E-state index contributed by atoms with van der Waals surface area (Å²) in [7, 11) is 0. The summed E-state index contributed by atoms with van der Waals surface area (Å²) in [5.74, 6) is -0.221. The molecule has 0 amide bonds. The molecule has 1 nitrogen and oxygen atoms in total. The van der Waals surface area contributed by atoms with E-state index in [2.05, 4.69) is 19.2 Å². The minimum absolute atomic E-state index is 0.221. The van der Waals surface area contributed by atoms with Crippen LogP contribution in [0, 0.1) is 11.2 Å². The molecule has 0 saturated heterocycles. The summed E-state index contributed by atoms with van der Waals surface area (Å²) in [6.07, 6.45) is 3.64. The summed E-state index contributed by atoms with van der Waals surface area (Å²) in [5.41, 5.74) is 0.884. The molecule has 3 heteroatoms. The zero-order valence-electron chi connectivity index (χ0n) is 10.4. The first kappa shape index (κ1) is 12.8. The van der Waals surface area contributed by atoms with E-state index in [1.165, 1.54) is 25.3 Å². The highest BCUT2D eigenvalue weighted by Crippen LogP contribution is 2.37. The van der Waals surface area contributed by atoms with Crippen LogP contribution in [0.1, 0.15) is 38.7 Å². The maximum Gasteiger partial charge on any atom is 0.129 e. The molecule has 1 N–H and O–H groups in total. The van der Waals surface area contributed by atoms with Crippen LogP contribution in [0.25, 0.3) is 0 Å². The number of nitrogens with one attached hydrogen (secondary N) is 1. The fourth-order valence-electron chi connectivity index (χ4n) is 2.63. The number of hydrogen-bond donors (Lipinski definition) is 1. The average Bonchev–Trinajstić information content (AvgIpc) is 2.57. The molecule has 94 valence electrons. The van der Waals surface area contributed by atoms with Crippen molar-refractivity contribution < 1.29 is 4.39 Å². The van der Waals surface area contributed by atoms with Crippen molar-refractivity contribution in [3.63, 3.8) is 0 Å². The lowest BCUT2D eigenvalue weighted by atomic mass is 9.87. The molecule has 1 aromatic rings. The Hall–Kier alpha value is -0.600. The molecular weight excluding hydrogens is 237 g/mol. The van der Waals surface area contributed by atoms with E-state index < -0.39 is 0 Å². The van der Waals surface area contributed by atoms with Crippen LogP contribution >= 0.6 is 11.6 Å². The lowest BCUT2D eigenvalue weighted by Gasteiger charge is -2.28. The van der Waals surface area contributed by atoms with Gasteiger partial charge in [-0.05, 0) is 30.4 Å². The Morgan fingerprint density at radius 1 is 1.47 bits per heavy atom. The number of halogens is 2. The third-order valence-corrected chi connectivity index (χ3v) is 4.20. The zero-order chi connectivity index (χ0) is 12.5. The van der Waals surface area contributed by atoms with Crippen LogP contribution < -0.4 is 5.32 Å². The Kier molecular flexibility index (Phi) is 3.74. The smallest absolute Gasteiger partial charge is 0.129 e. The van der Waals surface area contributed by atoms with Crippen molar-refractivity contribution in [2.75, 3.05) is 0 Å². The van der Waals surface area contributed by atoms with Crippen LogP contribution in [-0.4, -0.2) is 6.04 Å². The lowest BCUT2D eigenvalue weighted by Crippen LogP contribution is -2.37. The van der Waals surface area contributed by atoms with Gasteiger partial charge in [0, 0.05) is 23.2 Å². The molecule has 1 aliphatic carbocycles. The summed E-state index contributed by atoms with van der Waals surface area (Å²) < 4.78 is 13.6. The SMILES string of the molecule is CC1(C)CCCC1NCc1c(F)cccc1Cl. The van der Waals surface area contributed by atoms with E-state index in [9.17, 15) is 4.39 Å². The normalized spacial score (nSPS) is 22.9. The third-order valence-electron chi connectivity index (χ3n) is 3.84. The fraction of sp³-hybridized carbons (Fsp3) is 0.571. The van der Waals surface area contributed by atoms with E-state index in [0.717, 1.165) is 0 Å². The molecule has 2 rings (SSSR count). The molecule has 0 spiro atoms. The van der Waals surface area contributed by atoms with Gasteiger partial charge in [0.05, 0.1) is 0 Å². The highest BCUT2D eigenvalue weighted by molar-refractivity contribution is 6.31. The van der Waals surface area contributed by atoms with Crippen molar-refractivity contribution in [2.24, 2.45) is 5.41 Å². The minimum Gasteiger partial charge on any atom is -0.309 e. The highest BCUT2D eigenvalue weighted by atomic mass is 35.5. The summed E-state index contributed by atoms with van der Waals surface area (Å²) >= 11 is 6.01. The van der Waals surface area contributed by atoms with Crippen molar-refractivity contribution >= 4 is 11.6 Å². The standard InChI is InChI=1S/C14H19ClFN/c1-14(2)8-4-7-13(14)17-9-10-11(15)5-3-6-12(10)16/h3,5-6,13,17H,4,7-9H2,1-2H3. The first-order valence-corrected chi connectivity index (χ1v) is 6.55. The van der Waals surface area contributed by atoms with Gasteiger partial charge in [0.1, 0.15) is 5.82 Å². The molecule has 1 aromatic carbocycles. The predicted octanol–water partition coefficient (Wildman–Crippen LogP) is 4.15. The molecule has 0 heterocycles. The van der Waals surface area contributed by atoms with E-state index in [0.29, 0.717) is 28.6 Å². The van der Waals surface area contributed by atoms with Gasteiger partial charge in [0.25, 0.3) is 0 Å². The van der Waals surface area contributed by atoms with Gasteiger partial charge in [0.15, 0.2) is 0 Å². The Morgan fingerprint density at radius 2 is 2.24 bits per heavy atom. The summed E-state index contributed by atoms with van der Waals surface area (Å²) in [6, 6.07) is 5.29. The fourth-order valence-corrected chi connectivity index (χ4v) is 2.86.